The van der Waals surface area contributed by atoms with Crippen molar-refractivity contribution in [3.63, 3.8) is 0 Å². The Morgan fingerprint density at radius 2 is 1.94 bits per heavy atom. The van der Waals surface area contributed by atoms with Gasteiger partial charge in [-0.15, -0.1) is 0 Å². The van der Waals surface area contributed by atoms with E-state index in [2.05, 4.69) is 4.74 Å². The average molecular weight is 254 g/mol. The summed E-state index contributed by atoms with van der Waals surface area (Å²) in [6.45, 7) is 1.58. The molecule has 18 heavy (non-hydrogen) atoms. The molecule has 0 spiro atoms. The molecule has 1 aromatic carbocycles. The van der Waals surface area contributed by atoms with Crippen molar-refractivity contribution < 1.29 is 23.5 Å². The van der Waals surface area contributed by atoms with Crippen LogP contribution in [0, 0.1) is 11.7 Å². The van der Waals surface area contributed by atoms with Crippen LogP contribution in [0.25, 0.3) is 0 Å². The summed E-state index contributed by atoms with van der Waals surface area (Å²) in [5.41, 5.74) is 0.183. The number of ketones is 1. The highest BCUT2D eigenvalue weighted by atomic mass is 19.1. The number of halogens is 1. The number of benzene rings is 1. The maximum atomic E-state index is 13.2. The predicted octanol–water partition coefficient (Wildman–Crippen LogP) is 2.22. The minimum absolute atomic E-state index is 0.0285. The molecule has 1 rings (SSSR count). The van der Waals surface area contributed by atoms with Crippen LogP contribution in [0.4, 0.5) is 4.39 Å². The molecule has 0 amide bonds. The van der Waals surface area contributed by atoms with Crippen LogP contribution < -0.4 is 4.74 Å². The predicted molar refractivity (Wildman–Crippen MR) is 63.1 cm³/mol. The molecule has 0 saturated heterocycles. The molecule has 0 aliphatic carbocycles. The highest BCUT2D eigenvalue weighted by Gasteiger charge is 2.19. The molecule has 1 atom stereocenters. The number of carbonyl (C=O) groups is 2. The molecule has 0 N–H and O–H groups in total. The van der Waals surface area contributed by atoms with E-state index in [4.69, 9.17) is 4.74 Å². The number of rotatable bonds is 5. The van der Waals surface area contributed by atoms with E-state index in [9.17, 15) is 14.0 Å². The molecule has 0 aromatic heterocycles. The van der Waals surface area contributed by atoms with Crippen LogP contribution in [0.1, 0.15) is 23.7 Å². The third-order valence-electron chi connectivity index (χ3n) is 2.52. The normalized spacial score (nSPS) is 11.8. The van der Waals surface area contributed by atoms with Crippen LogP contribution in [-0.4, -0.2) is 26.0 Å². The maximum Gasteiger partial charge on any atom is 0.308 e. The van der Waals surface area contributed by atoms with Crippen molar-refractivity contribution in [1.82, 2.24) is 0 Å². The van der Waals surface area contributed by atoms with E-state index >= 15 is 0 Å². The molecule has 5 heteroatoms. The number of hydrogen-bond acceptors (Lipinski definition) is 4. The zero-order chi connectivity index (χ0) is 13.7. The lowest BCUT2D eigenvalue weighted by molar-refractivity contribution is -0.144. The Bertz CT molecular complexity index is 456. The lowest BCUT2D eigenvalue weighted by atomic mass is 9.99. The summed E-state index contributed by atoms with van der Waals surface area (Å²) in [7, 11) is 2.65. The van der Waals surface area contributed by atoms with Gasteiger partial charge in [0.1, 0.15) is 11.6 Å². The summed E-state index contributed by atoms with van der Waals surface area (Å²) in [5, 5.41) is 0. The Hall–Kier alpha value is -1.91. The van der Waals surface area contributed by atoms with Gasteiger partial charge in [0, 0.05) is 18.1 Å². The number of hydrogen-bond donors (Lipinski definition) is 0. The summed E-state index contributed by atoms with van der Waals surface area (Å²) in [6, 6.07) is 3.74. The molecule has 0 bridgehead atoms. The second-order valence-corrected chi connectivity index (χ2v) is 3.93. The first-order valence-corrected chi connectivity index (χ1v) is 5.43. The van der Waals surface area contributed by atoms with Crippen molar-refractivity contribution in [1.29, 1.82) is 0 Å². The second kappa shape index (κ2) is 6.14. The molecule has 0 radical (unpaired) electrons. The van der Waals surface area contributed by atoms with Crippen molar-refractivity contribution in [2.75, 3.05) is 14.2 Å². The number of ether oxygens (including phenoxy) is 2. The topological polar surface area (TPSA) is 52.6 Å². The Kier molecular flexibility index (Phi) is 4.83. The zero-order valence-electron chi connectivity index (χ0n) is 10.5. The third kappa shape index (κ3) is 3.55. The van der Waals surface area contributed by atoms with Crippen LogP contribution in [-0.2, 0) is 9.53 Å². The first-order chi connectivity index (χ1) is 8.47. The summed E-state index contributed by atoms with van der Waals surface area (Å²) in [5.74, 6) is -1.64. The van der Waals surface area contributed by atoms with Gasteiger partial charge in [0.2, 0.25) is 0 Å². The van der Waals surface area contributed by atoms with E-state index in [1.165, 1.54) is 26.4 Å². The molecule has 98 valence electrons. The Morgan fingerprint density at radius 3 is 2.50 bits per heavy atom. The fourth-order valence-electron chi connectivity index (χ4n) is 1.52. The van der Waals surface area contributed by atoms with Gasteiger partial charge >= 0.3 is 5.97 Å². The smallest absolute Gasteiger partial charge is 0.308 e. The van der Waals surface area contributed by atoms with Gasteiger partial charge in [-0.1, -0.05) is 6.92 Å². The van der Waals surface area contributed by atoms with Crippen LogP contribution in [0.3, 0.4) is 0 Å². The van der Waals surface area contributed by atoms with Gasteiger partial charge < -0.3 is 9.47 Å². The van der Waals surface area contributed by atoms with Crippen LogP contribution >= 0.6 is 0 Å². The van der Waals surface area contributed by atoms with Crippen LogP contribution in [0.2, 0.25) is 0 Å². The summed E-state index contributed by atoms with van der Waals surface area (Å²) >= 11 is 0. The Balaban J connectivity index is 2.84. The molecule has 0 heterocycles. The van der Waals surface area contributed by atoms with Gasteiger partial charge in [0.15, 0.2) is 5.78 Å². The molecule has 0 aliphatic heterocycles. The fourth-order valence-corrected chi connectivity index (χ4v) is 1.52. The molecule has 0 saturated carbocycles. The monoisotopic (exact) mass is 254 g/mol. The Labute approximate surface area is 105 Å². The molecule has 4 nitrogen and oxygen atoms in total. The molecule has 0 unspecified atom stereocenters. The summed E-state index contributed by atoms with van der Waals surface area (Å²) in [6.07, 6.45) is -0.0285. The lowest BCUT2D eigenvalue weighted by Gasteiger charge is -2.09. The number of esters is 1. The molecular formula is C13H15FO4. The van der Waals surface area contributed by atoms with E-state index in [0.717, 1.165) is 6.07 Å². The number of carbonyl (C=O) groups excluding carboxylic acids is 2. The van der Waals surface area contributed by atoms with Gasteiger partial charge in [-0.25, -0.2) is 4.39 Å². The van der Waals surface area contributed by atoms with Crippen molar-refractivity contribution in [3.05, 3.63) is 29.6 Å². The van der Waals surface area contributed by atoms with Gasteiger partial charge in [0.25, 0.3) is 0 Å². The van der Waals surface area contributed by atoms with E-state index in [-0.39, 0.29) is 23.5 Å². The lowest BCUT2D eigenvalue weighted by Crippen LogP contribution is -2.17. The van der Waals surface area contributed by atoms with Crippen molar-refractivity contribution in [2.24, 2.45) is 5.92 Å². The fraction of sp³-hybridized carbons (Fsp3) is 0.385. The minimum Gasteiger partial charge on any atom is -0.497 e. The van der Waals surface area contributed by atoms with E-state index in [1.54, 1.807) is 6.92 Å². The van der Waals surface area contributed by atoms with E-state index < -0.39 is 17.7 Å². The molecular weight excluding hydrogens is 239 g/mol. The standard InChI is InChI=1S/C13H15FO4/c1-8(13(16)18-3)4-12(15)9-5-10(14)7-11(6-9)17-2/h5-8H,4H2,1-3H3/t8-/m0/s1. The first-order valence-electron chi connectivity index (χ1n) is 5.43. The largest absolute Gasteiger partial charge is 0.497 e. The van der Waals surface area contributed by atoms with Gasteiger partial charge in [0.05, 0.1) is 20.1 Å². The Morgan fingerprint density at radius 1 is 1.28 bits per heavy atom. The van der Waals surface area contributed by atoms with E-state index in [0.29, 0.717) is 0 Å². The highest BCUT2D eigenvalue weighted by Crippen LogP contribution is 2.19. The quantitative estimate of drug-likeness (QED) is 0.597. The van der Waals surface area contributed by atoms with E-state index in [1.807, 2.05) is 0 Å². The van der Waals surface area contributed by atoms with Crippen molar-refractivity contribution in [2.45, 2.75) is 13.3 Å². The molecule has 0 fully saturated rings. The zero-order valence-corrected chi connectivity index (χ0v) is 10.5. The average Bonchev–Trinajstić information content (AvgIpc) is 2.36. The summed E-state index contributed by atoms with van der Waals surface area (Å²) in [4.78, 5) is 23.1. The van der Waals surface area contributed by atoms with Crippen LogP contribution in [0.5, 0.6) is 5.75 Å². The first kappa shape index (κ1) is 14.2. The minimum atomic E-state index is -0.559. The van der Waals surface area contributed by atoms with Gasteiger partial charge in [-0.2, -0.15) is 0 Å². The second-order valence-electron chi connectivity index (χ2n) is 3.93. The third-order valence-corrected chi connectivity index (χ3v) is 2.52. The highest BCUT2D eigenvalue weighted by molar-refractivity contribution is 5.98. The summed E-state index contributed by atoms with van der Waals surface area (Å²) < 4.78 is 22.6. The number of methoxy groups -OCH3 is 2. The van der Waals surface area contributed by atoms with Gasteiger partial charge in [-0.3, -0.25) is 9.59 Å². The van der Waals surface area contributed by atoms with Gasteiger partial charge in [-0.05, 0) is 12.1 Å². The van der Waals surface area contributed by atoms with Crippen LogP contribution in [0.15, 0.2) is 18.2 Å². The molecule has 1 aromatic rings. The van der Waals surface area contributed by atoms with Crippen molar-refractivity contribution in [3.8, 4) is 5.75 Å². The van der Waals surface area contributed by atoms with Crippen molar-refractivity contribution >= 4 is 11.8 Å². The molecule has 0 aliphatic rings. The SMILES string of the molecule is COC(=O)[C@@H](C)CC(=O)c1cc(F)cc(OC)c1. The maximum absolute atomic E-state index is 13.2. The number of Topliss-reactive ketones (excluding diaryl/α,β-unsaturated/α-hetero) is 1.